The number of carbonyl (C=O) groups is 1. The van der Waals surface area contributed by atoms with Crippen molar-refractivity contribution in [2.45, 2.75) is 25.7 Å². The number of imidazole rings is 1. The van der Waals surface area contributed by atoms with Crippen molar-refractivity contribution >= 4 is 42.1 Å². The summed E-state index contributed by atoms with van der Waals surface area (Å²) >= 11 is 0. The number of amides is 1. The minimum atomic E-state index is -0.293. The Morgan fingerprint density at radius 3 is 2.45 bits per heavy atom. The van der Waals surface area contributed by atoms with E-state index in [1.165, 1.54) is 31.2 Å². The summed E-state index contributed by atoms with van der Waals surface area (Å²) in [6.07, 6.45) is 5.84. The molecule has 160 valence electrons. The van der Waals surface area contributed by atoms with Crippen LogP contribution in [0.4, 0.5) is 10.1 Å². The molecule has 0 radical (unpaired) electrons. The van der Waals surface area contributed by atoms with Crippen molar-refractivity contribution in [3.8, 4) is 11.3 Å². The summed E-state index contributed by atoms with van der Waals surface area (Å²) in [7, 11) is 0. The predicted molar refractivity (Wildman–Crippen MR) is 124 cm³/mol. The van der Waals surface area contributed by atoms with Crippen LogP contribution < -0.4 is 5.32 Å². The highest BCUT2D eigenvalue weighted by Crippen LogP contribution is 2.41. The number of hydrogen-bond donors (Lipinski definition) is 1. The Balaban J connectivity index is 0.00000136. The van der Waals surface area contributed by atoms with E-state index < -0.39 is 0 Å². The first-order valence-electron chi connectivity index (χ1n) is 9.60. The summed E-state index contributed by atoms with van der Waals surface area (Å²) in [4.78, 5) is 21.7. The normalized spacial score (nSPS) is 12.7. The molecule has 1 fully saturated rings. The number of aryl methyl sites for hydroxylation is 1. The maximum absolute atomic E-state index is 13.1. The van der Waals surface area contributed by atoms with Crippen LogP contribution in [0, 0.1) is 12.7 Å². The molecule has 0 saturated heterocycles. The molecule has 4 aromatic rings. The molecule has 1 N–H and O–H groups in total. The zero-order valence-electron chi connectivity index (χ0n) is 16.7. The van der Waals surface area contributed by atoms with Crippen LogP contribution in [0.1, 0.15) is 40.5 Å². The zero-order chi connectivity index (χ0) is 20.0. The number of rotatable bonds is 4. The molecule has 0 atom stereocenters. The Labute approximate surface area is 191 Å². The lowest BCUT2D eigenvalue weighted by Gasteiger charge is -2.07. The fourth-order valence-corrected chi connectivity index (χ4v) is 3.52. The van der Waals surface area contributed by atoms with Gasteiger partial charge in [-0.2, -0.15) is 0 Å². The number of benzene rings is 1. The third-order valence-electron chi connectivity index (χ3n) is 5.28. The third kappa shape index (κ3) is 4.55. The number of pyridine rings is 2. The van der Waals surface area contributed by atoms with Crippen LogP contribution >= 0.6 is 24.8 Å². The maximum Gasteiger partial charge on any atom is 0.257 e. The van der Waals surface area contributed by atoms with Gasteiger partial charge in [0.25, 0.3) is 5.91 Å². The van der Waals surface area contributed by atoms with Crippen molar-refractivity contribution in [2.75, 3.05) is 5.32 Å². The number of anilines is 1. The number of aromatic nitrogens is 3. The van der Waals surface area contributed by atoms with E-state index in [2.05, 4.69) is 17.2 Å². The number of nitrogens with one attached hydrogen (secondary N) is 1. The number of carbonyl (C=O) groups excluding carboxylic acids is 1. The summed E-state index contributed by atoms with van der Waals surface area (Å²) in [6, 6.07) is 13.4. The highest BCUT2D eigenvalue weighted by atomic mass is 35.5. The SMILES string of the molecule is Cc1c(C2CC2)nc2ccc(NC(=O)c3ccc(-c4ccc(F)cc4)nc3)cn12.Cl.Cl. The molecule has 31 heavy (non-hydrogen) atoms. The van der Waals surface area contributed by atoms with Crippen LogP contribution in [0.15, 0.2) is 60.9 Å². The maximum atomic E-state index is 13.1. The summed E-state index contributed by atoms with van der Waals surface area (Å²) < 4.78 is 15.1. The van der Waals surface area contributed by atoms with Crippen molar-refractivity contribution in [2.24, 2.45) is 0 Å². The van der Waals surface area contributed by atoms with Crippen LogP contribution in [0.5, 0.6) is 0 Å². The second-order valence-corrected chi connectivity index (χ2v) is 7.40. The van der Waals surface area contributed by atoms with Gasteiger partial charge in [-0.1, -0.05) is 0 Å². The van der Waals surface area contributed by atoms with Gasteiger partial charge in [-0.3, -0.25) is 9.78 Å². The summed E-state index contributed by atoms with van der Waals surface area (Å²) in [5, 5.41) is 2.92. The van der Waals surface area contributed by atoms with E-state index in [4.69, 9.17) is 4.98 Å². The smallest absolute Gasteiger partial charge is 0.257 e. The Morgan fingerprint density at radius 1 is 1.06 bits per heavy atom. The van der Waals surface area contributed by atoms with Crippen LogP contribution in [-0.2, 0) is 0 Å². The molecule has 1 aliphatic rings. The van der Waals surface area contributed by atoms with Crippen LogP contribution in [0.3, 0.4) is 0 Å². The largest absolute Gasteiger partial charge is 0.321 e. The molecule has 1 aliphatic carbocycles. The summed E-state index contributed by atoms with van der Waals surface area (Å²) in [6.45, 7) is 2.07. The van der Waals surface area contributed by atoms with Crippen LogP contribution in [0.2, 0.25) is 0 Å². The van der Waals surface area contributed by atoms with Crippen molar-refractivity contribution < 1.29 is 9.18 Å². The van der Waals surface area contributed by atoms with Gasteiger partial charge in [0.1, 0.15) is 11.5 Å². The van der Waals surface area contributed by atoms with E-state index in [9.17, 15) is 9.18 Å². The molecule has 5 nitrogen and oxygen atoms in total. The van der Waals surface area contributed by atoms with Gasteiger partial charge in [-0.05, 0) is 68.3 Å². The van der Waals surface area contributed by atoms with Gasteiger partial charge in [0.05, 0.1) is 22.6 Å². The molecular weight excluding hydrogens is 438 g/mol. The number of hydrogen-bond acceptors (Lipinski definition) is 3. The zero-order valence-corrected chi connectivity index (χ0v) is 18.3. The standard InChI is InChI=1S/C23H19FN4O.2ClH/c1-14-22(16-2-3-16)27-21-11-9-19(13-28(14)21)26-23(29)17-6-10-20(25-12-17)15-4-7-18(24)8-5-15;;/h4-13,16H,2-3H2,1H3,(H,26,29);2*1H. The van der Waals surface area contributed by atoms with Crippen LogP contribution in [-0.4, -0.2) is 20.3 Å². The lowest BCUT2D eigenvalue weighted by molar-refractivity contribution is 0.102. The molecule has 0 spiro atoms. The minimum absolute atomic E-state index is 0. The fraction of sp³-hybridized carbons (Fsp3) is 0.174. The van der Waals surface area contributed by atoms with Gasteiger partial charge in [-0.25, -0.2) is 9.37 Å². The first kappa shape index (κ1) is 22.7. The van der Waals surface area contributed by atoms with E-state index in [-0.39, 0.29) is 36.5 Å². The van der Waals surface area contributed by atoms with Gasteiger partial charge in [-0.15, -0.1) is 24.8 Å². The van der Waals surface area contributed by atoms with E-state index in [0.717, 1.165) is 22.6 Å². The highest BCUT2D eigenvalue weighted by Gasteiger charge is 2.28. The highest BCUT2D eigenvalue weighted by molar-refractivity contribution is 6.04. The number of halogens is 3. The van der Waals surface area contributed by atoms with Crippen molar-refractivity contribution in [1.29, 1.82) is 0 Å². The second kappa shape index (κ2) is 9.04. The average Bonchev–Trinajstić information content (AvgIpc) is 3.53. The van der Waals surface area contributed by atoms with Gasteiger partial charge >= 0.3 is 0 Å². The molecule has 0 unspecified atom stereocenters. The molecule has 1 saturated carbocycles. The van der Waals surface area contributed by atoms with Gasteiger partial charge in [0.15, 0.2) is 0 Å². The Hall–Kier alpha value is -2.96. The minimum Gasteiger partial charge on any atom is -0.321 e. The molecule has 5 rings (SSSR count). The summed E-state index contributed by atoms with van der Waals surface area (Å²) in [5.41, 5.74) is 5.83. The third-order valence-corrected chi connectivity index (χ3v) is 5.28. The molecule has 0 bridgehead atoms. The summed E-state index contributed by atoms with van der Waals surface area (Å²) in [5.74, 6) is 0.0559. The monoisotopic (exact) mass is 458 g/mol. The molecule has 0 aliphatic heterocycles. The topological polar surface area (TPSA) is 59.3 Å². The lowest BCUT2D eigenvalue weighted by Crippen LogP contribution is -2.12. The second-order valence-electron chi connectivity index (χ2n) is 7.40. The van der Waals surface area contributed by atoms with Gasteiger partial charge in [0, 0.05) is 29.6 Å². The number of nitrogens with zero attached hydrogens (tertiary/aromatic N) is 3. The molecule has 1 amide bonds. The Kier molecular flexibility index (Phi) is 6.62. The first-order valence-corrected chi connectivity index (χ1v) is 9.60. The fourth-order valence-electron chi connectivity index (χ4n) is 3.52. The molecule has 3 aromatic heterocycles. The van der Waals surface area contributed by atoms with E-state index in [1.807, 2.05) is 22.7 Å². The van der Waals surface area contributed by atoms with Crippen molar-refractivity contribution in [1.82, 2.24) is 14.4 Å². The van der Waals surface area contributed by atoms with Gasteiger partial charge in [0.2, 0.25) is 0 Å². The molecule has 3 heterocycles. The molecular formula is C23H21Cl2FN4O. The predicted octanol–water partition coefficient (Wildman–Crippen LogP) is 5.82. The molecule has 1 aromatic carbocycles. The van der Waals surface area contributed by atoms with Crippen molar-refractivity contribution in [3.63, 3.8) is 0 Å². The quantitative estimate of drug-likeness (QED) is 0.419. The average molecular weight is 459 g/mol. The Bertz CT molecular complexity index is 1220. The lowest BCUT2D eigenvalue weighted by atomic mass is 10.1. The first-order chi connectivity index (χ1) is 14.1. The van der Waals surface area contributed by atoms with Gasteiger partial charge < -0.3 is 9.72 Å². The number of fused-ring (bicyclic) bond motifs is 1. The van der Waals surface area contributed by atoms with E-state index in [0.29, 0.717) is 22.9 Å². The van der Waals surface area contributed by atoms with Crippen molar-refractivity contribution in [3.05, 3.63) is 83.7 Å². The van der Waals surface area contributed by atoms with Crippen LogP contribution in [0.25, 0.3) is 16.9 Å². The van der Waals surface area contributed by atoms with E-state index >= 15 is 0 Å². The molecule has 8 heteroatoms. The Morgan fingerprint density at radius 2 is 1.81 bits per heavy atom. The van der Waals surface area contributed by atoms with E-state index in [1.54, 1.807) is 24.3 Å².